The molecule has 0 aliphatic carbocycles. The average molecular weight is 345 g/mol. The van der Waals surface area contributed by atoms with Gasteiger partial charge in [0, 0.05) is 37.8 Å². The number of hydrogen-bond donors (Lipinski definition) is 1. The molecule has 0 aliphatic rings. The summed E-state index contributed by atoms with van der Waals surface area (Å²) in [7, 11) is 1.76. The van der Waals surface area contributed by atoms with Gasteiger partial charge in [-0.1, -0.05) is 17.7 Å². The Balaban J connectivity index is 1.57. The van der Waals surface area contributed by atoms with E-state index >= 15 is 0 Å². The van der Waals surface area contributed by atoms with E-state index < -0.39 is 0 Å². The molecule has 0 aliphatic heterocycles. The molecule has 0 bridgehead atoms. The Labute approximate surface area is 144 Å². The SMILES string of the molecule is Cc1nn(C)c(Cl)c1/C=C/C(=O)NCCc1nnc2ccccn12. The Morgan fingerprint density at radius 2 is 2.21 bits per heavy atom. The maximum absolute atomic E-state index is 11.9. The minimum absolute atomic E-state index is 0.192. The molecule has 7 nitrogen and oxygen atoms in total. The van der Waals surface area contributed by atoms with Crippen LogP contribution in [-0.4, -0.2) is 36.8 Å². The lowest BCUT2D eigenvalue weighted by Crippen LogP contribution is -2.24. The van der Waals surface area contributed by atoms with Crippen molar-refractivity contribution >= 4 is 29.2 Å². The summed E-state index contributed by atoms with van der Waals surface area (Å²) in [5, 5.41) is 15.7. The molecule has 0 spiro atoms. The Bertz CT molecular complexity index is 911. The van der Waals surface area contributed by atoms with E-state index in [9.17, 15) is 4.79 Å². The molecule has 8 heteroatoms. The van der Waals surface area contributed by atoms with Crippen molar-refractivity contribution in [3.63, 3.8) is 0 Å². The molecular weight excluding hydrogens is 328 g/mol. The second-order valence-corrected chi connectivity index (χ2v) is 5.69. The molecule has 3 rings (SSSR count). The predicted molar refractivity (Wildman–Crippen MR) is 91.7 cm³/mol. The summed E-state index contributed by atoms with van der Waals surface area (Å²) >= 11 is 6.12. The van der Waals surface area contributed by atoms with Crippen LogP contribution in [0.4, 0.5) is 0 Å². The molecule has 3 aromatic heterocycles. The number of nitrogens with one attached hydrogen (secondary N) is 1. The minimum Gasteiger partial charge on any atom is -0.352 e. The monoisotopic (exact) mass is 344 g/mol. The standard InChI is InChI=1S/C16H17ClN6O/c1-11-12(16(17)22(2)21-11)6-7-15(24)18-9-8-14-20-19-13-5-3-4-10-23(13)14/h3-7,10H,8-9H2,1-2H3,(H,18,24)/b7-6+. The average Bonchev–Trinajstić information content (AvgIpc) is 3.08. The molecule has 0 atom stereocenters. The number of carbonyl (C=O) groups is 1. The van der Waals surface area contributed by atoms with Crippen LogP contribution < -0.4 is 5.32 Å². The summed E-state index contributed by atoms with van der Waals surface area (Å²) in [6.45, 7) is 2.32. The van der Waals surface area contributed by atoms with Gasteiger partial charge in [0.15, 0.2) is 5.65 Å². The van der Waals surface area contributed by atoms with Gasteiger partial charge < -0.3 is 5.32 Å². The van der Waals surface area contributed by atoms with E-state index in [-0.39, 0.29) is 5.91 Å². The van der Waals surface area contributed by atoms with Crippen LogP contribution in [0.3, 0.4) is 0 Å². The second-order valence-electron chi connectivity index (χ2n) is 5.33. The van der Waals surface area contributed by atoms with Crippen LogP contribution in [0.1, 0.15) is 17.1 Å². The lowest BCUT2D eigenvalue weighted by atomic mass is 10.2. The van der Waals surface area contributed by atoms with E-state index in [4.69, 9.17) is 11.6 Å². The topological polar surface area (TPSA) is 77.1 Å². The zero-order valence-corrected chi connectivity index (χ0v) is 14.2. The molecule has 24 heavy (non-hydrogen) atoms. The van der Waals surface area contributed by atoms with Gasteiger partial charge in [-0.2, -0.15) is 5.10 Å². The van der Waals surface area contributed by atoms with Crippen molar-refractivity contribution in [3.05, 3.63) is 52.7 Å². The van der Waals surface area contributed by atoms with Crippen molar-refractivity contribution in [2.75, 3.05) is 6.54 Å². The Morgan fingerprint density at radius 3 is 2.96 bits per heavy atom. The van der Waals surface area contributed by atoms with Crippen LogP contribution in [-0.2, 0) is 18.3 Å². The summed E-state index contributed by atoms with van der Waals surface area (Å²) in [5.41, 5.74) is 2.32. The quantitative estimate of drug-likeness (QED) is 0.716. The zero-order chi connectivity index (χ0) is 17.1. The smallest absolute Gasteiger partial charge is 0.244 e. The van der Waals surface area contributed by atoms with Gasteiger partial charge >= 0.3 is 0 Å². The van der Waals surface area contributed by atoms with Crippen LogP contribution >= 0.6 is 11.6 Å². The van der Waals surface area contributed by atoms with E-state index in [1.807, 2.05) is 35.7 Å². The van der Waals surface area contributed by atoms with Crippen LogP contribution in [0, 0.1) is 6.92 Å². The lowest BCUT2D eigenvalue weighted by Gasteiger charge is -2.01. The van der Waals surface area contributed by atoms with Crippen molar-refractivity contribution in [3.8, 4) is 0 Å². The highest BCUT2D eigenvalue weighted by atomic mass is 35.5. The second kappa shape index (κ2) is 6.84. The van der Waals surface area contributed by atoms with Gasteiger partial charge in [0.1, 0.15) is 11.0 Å². The van der Waals surface area contributed by atoms with Crippen molar-refractivity contribution in [1.82, 2.24) is 29.7 Å². The van der Waals surface area contributed by atoms with Crippen molar-refractivity contribution in [2.45, 2.75) is 13.3 Å². The van der Waals surface area contributed by atoms with Crippen LogP contribution in [0.5, 0.6) is 0 Å². The molecule has 0 saturated heterocycles. The summed E-state index contributed by atoms with van der Waals surface area (Å²) in [6.07, 6.45) is 5.63. The third-order valence-electron chi connectivity index (χ3n) is 3.63. The first-order chi connectivity index (χ1) is 11.6. The number of carbonyl (C=O) groups excluding carboxylic acids is 1. The number of amides is 1. The highest BCUT2D eigenvalue weighted by Crippen LogP contribution is 2.19. The van der Waals surface area contributed by atoms with E-state index in [2.05, 4.69) is 20.6 Å². The van der Waals surface area contributed by atoms with Crippen LogP contribution in [0.15, 0.2) is 30.5 Å². The van der Waals surface area contributed by atoms with Gasteiger partial charge in [-0.3, -0.25) is 13.9 Å². The lowest BCUT2D eigenvalue weighted by molar-refractivity contribution is -0.116. The number of aromatic nitrogens is 5. The van der Waals surface area contributed by atoms with Crippen LogP contribution in [0.2, 0.25) is 5.15 Å². The summed E-state index contributed by atoms with van der Waals surface area (Å²) in [5.74, 6) is 0.615. The van der Waals surface area contributed by atoms with Crippen molar-refractivity contribution < 1.29 is 4.79 Å². The number of fused-ring (bicyclic) bond motifs is 1. The highest BCUT2D eigenvalue weighted by Gasteiger charge is 2.09. The first-order valence-electron chi connectivity index (χ1n) is 7.50. The van der Waals surface area contributed by atoms with Gasteiger partial charge in [0.2, 0.25) is 5.91 Å². The van der Waals surface area contributed by atoms with Gasteiger partial charge in [0.25, 0.3) is 0 Å². The first kappa shape index (κ1) is 16.2. The van der Waals surface area contributed by atoms with Gasteiger partial charge in [-0.15, -0.1) is 10.2 Å². The molecule has 0 aromatic carbocycles. The maximum Gasteiger partial charge on any atom is 0.244 e. The molecule has 3 heterocycles. The first-order valence-corrected chi connectivity index (χ1v) is 7.87. The maximum atomic E-state index is 11.9. The molecule has 1 N–H and O–H groups in total. The fourth-order valence-corrected chi connectivity index (χ4v) is 2.65. The van der Waals surface area contributed by atoms with Crippen molar-refractivity contribution in [2.24, 2.45) is 7.05 Å². The fourth-order valence-electron chi connectivity index (χ4n) is 2.41. The largest absolute Gasteiger partial charge is 0.352 e. The van der Waals surface area contributed by atoms with Gasteiger partial charge in [-0.25, -0.2) is 0 Å². The highest BCUT2D eigenvalue weighted by molar-refractivity contribution is 6.31. The van der Waals surface area contributed by atoms with E-state index in [0.717, 1.165) is 22.7 Å². The number of aryl methyl sites for hydroxylation is 2. The summed E-state index contributed by atoms with van der Waals surface area (Å²) in [4.78, 5) is 11.9. The van der Waals surface area contributed by atoms with E-state index in [1.165, 1.54) is 6.08 Å². The molecule has 0 fully saturated rings. The number of rotatable bonds is 5. The summed E-state index contributed by atoms with van der Waals surface area (Å²) < 4.78 is 3.48. The number of hydrogen-bond acceptors (Lipinski definition) is 4. The molecule has 0 radical (unpaired) electrons. The Kier molecular flexibility index (Phi) is 4.61. The van der Waals surface area contributed by atoms with Gasteiger partial charge in [0.05, 0.1) is 5.69 Å². The van der Waals surface area contributed by atoms with Crippen LogP contribution in [0.25, 0.3) is 11.7 Å². The summed E-state index contributed by atoms with van der Waals surface area (Å²) in [6, 6.07) is 5.71. The molecule has 124 valence electrons. The zero-order valence-electron chi connectivity index (χ0n) is 13.4. The number of halogens is 1. The molecule has 1 amide bonds. The molecule has 0 unspecified atom stereocenters. The number of pyridine rings is 1. The Hall–Kier alpha value is -2.67. The molecule has 3 aromatic rings. The normalized spacial score (nSPS) is 11.5. The van der Waals surface area contributed by atoms with Crippen molar-refractivity contribution in [1.29, 1.82) is 0 Å². The van der Waals surface area contributed by atoms with Gasteiger partial charge in [-0.05, 0) is 25.1 Å². The molecular formula is C16H17ClN6O. The third-order valence-corrected chi connectivity index (χ3v) is 4.08. The number of nitrogens with zero attached hydrogens (tertiary/aromatic N) is 5. The van der Waals surface area contributed by atoms with E-state index in [1.54, 1.807) is 17.8 Å². The molecule has 0 saturated carbocycles. The Morgan fingerprint density at radius 1 is 1.38 bits per heavy atom. The predicted octanol–water partition coefficient (Wildman–Crippen LogP) is 1.80. The minimum atomic E-state index is -0.192. The third kappa shape index (κ3) is 3.30. The van der Waals surface area contributed by atoms with E-state index in [0.29, 0.717) is 18.1 Å². The fraction of sp³-hybridized carbons (Fsp3) is 0.250.